The van der Waals surface area contributed by atoms with Gasteiger partial charge in [-0.25, -0.2) is 4.79 Å². The van der Waals surface area contributed by atoms with E-state index in [2.05, 4.69) is 38.2 Å². The van der Waals surface area contributed by atoms with Gasteiger partial charge in [0.05, 0.1) is 13.7 Å². The van der Waals surface area contributed by atoms with Gasteiger partial charge in [-0.15, -0.1) is 0 Å². The van der Waals surface area contributed by atoms with Crippen LogP contribution >= 0.6 is 0 Å². The number of methoxy groups -OCH3 is 1. The smallest absolute Gasteiger partial charge is 0.332 e. The van der Waals surface area contributed by atoms with Crippen LogP contribution in [0, 0.1) is 0 Å². The number of carbonyl (C=O) groups excluding carboxylic acids is 1. The molecule has 5 heteroatoms. The number of carbonyl (C=O) groups is 1. The molecule has 0 N–H and O–H groups in total. The molecule has 0 aromatic heterocycles. The van der Waals surface area contributed by atoms with Gasteiger partial charge in [-0.2, -0.15) is 0 Å². The quantitative estimate of drug-likeness (QED) is 0.298. The molecule has 0 aromatic carbocycles. The van der Waals surface area contributed by atoms with Crippen molar-refractivity contribution >= 4 is 14.0 Å². The SMILES string of the molecule is COC(=O)/C=C(\COCC[Si](C)(C)C)N(C)C(C)C. The van der Waals surface area contributed by atoms with Crippen molar-refractivity contribution in [2.45, 2.75) is 45.6 Å². The zero-order valence-electron chi connectivity index (χ0n) is 13.4. The minimum absolute atomic E-state index is 0.316. The zero-order valence-corrected chi connectivity index (χ0v) is 14.4. The first-order chi connectivity index (χ1) is 8.67. The molecule has 0 fully saturated rings. The van der Waals surface area contributed by atoms with Crippen molar-refractivity contribution < 1.29 is 14.3 Å². The highest BCUT2D eigenvalue weighted by molar-refractivity contribution is 6.76. The van der Waals surface area contributed by atoms with Crippen molar-refractivity contribution in [3.05, 3.63) is 11.8 Å². The van der Waals surface area contributed by atoms with E-state index in [0.29, 0.717) is 12.6 Å². The van der Waals surface area contributed by atoms with E-state index in [1.165, 1.54) is 13.2 Å². The van der Waals surface area contributed by atoms with E-state index in [1.807, 2.05) is 11.9 Å². The number of hydrogen-bond acceptors (Lipinski definition) is 4. The van der Waals surface area contributed by atoms with Gasteiger partial charge in [-0.1, -0.05) is 19.6 Å². The Labute approximate surface area is 118 Å². The van der Waals surface area contributed by atoms with Crippen LogP contribution in [0.5, 0.6) is 0 Å². The second-order valence-electron chi connectivity index (χ2n) is 6.23. The molecule has 0 aliphatic heterocycles. The lowest BCUT2D eigenvalue weighted by Crippen LogP contribution is -2.29. The van der Waals surface area contributed by atoms with Crippen molar-refractivity contribution in [2.24, 2.45) is 0 Å². The van der Waals surface area contributed by atoms with Crippen molar-refractivity contribution in [1.82, 2.24) is 4.90 Å². The average Bonchev–Trinajstić information content (AvgIpc) is 2.30. The molecule has 0 unspecified atom stereocenters. The summed E-state index contributed by atoms with van der Waals surface area (Å²) >= 11 is 0. The molecule has 0 atom stereocenters. The molecule has 0 saturated heterocycles. The number of nitrogens with zero attached hydrogens (tertiary/aromatic N) is 1. The maximum absolute atomic E-state index is 11.4. The lowest BCUT2D eigenvalue weighted by molar-refractivity contribution is -0.135. The lowest BCUT2D eigenvalue weighted by atomic mass is 10.3. The summed E-state index contributed by atoms with van der Waals surface area (Å²) < 4.78 is 10.4. The second kappa shape index (κ2) is 8.38. The average molecular weight is 287 g/mol. The summed E-state index contributed by atoms with van der Waals surface area (Å²) in [4.78, 5) is 13.4. The fourth-order valence-electron chi connectivity index (χ4n) is 1.33. The van der Waals surface area contributed by atoms with Gasteiger partial charge in [0.25, 0.3) is 0 Å². The van der Waals surface area contributed by atoms with E-state index in [1.54, 1.807) is 0 Å². The zero-order chi connectivity index (χ0) is 15.1. The van der Waals surface area contributed by atoms with E-state index in [0.717, 1.165) is 18.3 Å². The summed E-state index contributed by atoms with van der Waals surface area (Å²) in [6.45, 7) is 12.3. The molecule has 0 heterocycles. The van der Waals surface area contributed by atoms with Crippen molar-refractivity contribution in [3.8, 4) is 0 Å². The summed E-state index contributed by atoms with van der Waals surface area (Å²) in [5, 5.41) is 0. The van der Waals surface area contributed by atoms with Crippen molar-refractivity contribution in [2.75, 3.05) is 27.4 Å². The Hall–Kier alpha value is -0.813. The number of esters is 1. The highest BCUT2D eigenvalue weighted by atomic mass is 28.3. The first-order valence-electron chi connectivity index (χ1n) is 6.76. The summed E-state index contributed by atoms with van der Waals surface area (Å²) in [7, 11) is 2.28. The molecule has 0 aliphatic rings. The second-order valence-corrected chi connectivity index (χ2v) is 11.8. The maximum atomic E-state index is 11.4. The van der Waals surface area contributed by atoms with Crippen LogP contribution in [0.25, 0.3) is 0 Å². The fourth-order valence-corrected chi connectivity index (χ4v) is 2.08. The topological polar surface area (TPSA) is 38.8 Å². The molecular formula is C14H29NO3Si. The summed E-state index contributed by atoms with van der Waals surface area (Å²) in [5.74, 6) is -0.337. The Bertz CT molecular complexity index is 308. The predicted octanol–water partition coefficient (Wildman–Crippen LogP) is 2.74. The molecule has 112 valence electrons. The number of likely N-dealkylation sites (N-methyl/N-ethyl adjacent to an activating group) is 1. The molecule has 0 rings (SSSR count). The van der Waals surface area contributed by atoms with Crippen LogP contribution in [0.15, 0.2) is 11.8 Å². The van der Waals surface area contributed by atoms with E-state index >= 15 is 0 Å². The van der Waals surface area contributed by atoms with Crippen LogP contribution in [0.2, 0.25) is 25.7 Å². The van der Waals surface area contributed by atoms with Gasteiger partial charge < -0.3 is 14.4 Å². The van der Waals surface area contributed by atoms with Crippen molar-refractivity contribution in [3.63, 3.8) is 0 Å². The van der Waals surface area contributed by atoms with E-state index < -0.39 is 8.07 Å². The standard InChI is InChI=1S/C14H29NO3Si/c1-12(2)15(3)13(10-14(16)17-4)11-18-8-9-19(5,6)7/h10,12H,8-9,11H2,1-7H3/b13-10+. The molecule has 0 aliphatic carbocycles. The Balaban J connectivity index is 4.45. The highest BCUT2D eigenvalue weighted by Crippen LogP contribution is 2.11. The van der Waals surface area contributed by atoms with Crippen LogP contribution < -0.4 is 0 Å². The number of ether oxygens (including phenoxy) is 2. The van der Waals surface area contributed by atoms with Crippen LogP contribution in [-0.2, 0) is 14.3 Å². The van der Waals surface area contributed by atoms with Crippen LogP contribution in [0.4, 0.5) is 0 Å². The third-order valence-corrected chi connectivity index (χ3v) is 4.66. The number of hydrogen-bond donors (Lipinski definition) is 0. The molecule has 0 spiro atoms. The molecule has 0 radical (unpaired) electrons. The van der Waals surface area contributed by atoms with Gasteiger partial charge in [-0.3, -0.25) is 0 Å². The normalized spacial score (nSPS) is 12.7. The van der Waals surface area contributed by atoms with E-state index in [9.17, 15) is 4.79 Å². The van der Waals surface area contributed by atoms with Gasteiger partial charge in [0.15, 0.2) is 0 Å². The minimum atomic E-state index is -1.07. The molecule has 0 bridgehead atoms. The molecular weight excluding hydrogens is 258 g/mol. The van der Waals surface area contributed by atoms with E-state index in [-0.39, 0.29) is 5.97 Å². The Kier molecular flexibility index (Phi) is 8.02. The van der Waals surface area contributed by atoms with E-state index in [4.69, 9.17) is 4.74 Å². The summed E-state index contributed by atoms with van der Waals surface area (Å²) in [6.07, 6.45) is 1.51. The van der Waals surface area contributed by atoms with Crippen LogP contribution in [-0.4, -0.2) is 52.4 Å². The summed E-state index contributed by atoms with van der Waals surface area (Å²) in [6, 6.07) is 1.45. The first kappa shape index (κ1) is 18.2. The Morgan fingerprint density at radius 3 is 2.32 bits per heavy atom. The lowest BCUT2D eigenvalue weighted by Gasteiger charge is -2.27. The third-order valence-electron chi connectivity index (χ3n) is 2.96. The fraction of sp³-hybridized carbons (Fsp3) is 0.786. The highest BCUT2D eigenvalue weighted by Gasteiger charge is 2.14. The van der Waals surface area contributed by atoms with Crippen LogP contribution in [0.3, 0.4) is 0 Å². The predicted molar refractivity (Wildman–Crippen MR) is 82.0 cm³/mol. The maximum Gasteiger partial charge on any atom is 0.332 e. The molecule has 0 amide bonds. The Morgan fingerprint density at radius 2 is 1.89 bits per heavy atom. The van der Waals surface area contributed by atoms with Gasteiger partial charge in [0, 0.05) is 39.5 Å². The summed E-state index contributed by atoms with van der Waals surface area (Å²) in [5.41, 5.74) is 0.859. The monoisotopic (exact) mass is 287 g/mol. The van der Waals surface area contributed by atoms with Crippen molar-refractivity contribution in [1.29, 1.82) is 0 Å². The van der Waals surface area contributed by atoms with Gasteiger partial charge in [-0.05, 0) is 19.9 Å². The first-order valence-corrected chi connectivity index (χ1v) is 10.5. The minimum Gasteiger partial charge on any atom is -0.466 e. The van der Waals surface area contributed by atoms with Crippen LogP contribution in [0.1, 0.15) is 13.8 Å². The molecule has 0 saturated carbocycles. The Morgan fingerprint density at radius 1 is 1.32 bits per heavy atom. The molecule has 4 nitrogen and oxygen atoms in total. The van der Waals surface area contributed by atoms with Gasteiger partial charge >= 0.3 is 5.97 Å². The molecule has 0 aromatic rings. The molecule has 19 heavy (non-hydrogen) atoms. The van der Waals surface area contributed by atoms with Gasteiger partial charge in [0.1, 0.15) is 0 Å². The van der Waals surface area contributed by atoms with Gasteiger partial charge in [0.2, 0.25) is 0 Å². The number of rotatable bonds is 8. The third kappa shape index (κ3) is 8.83. The largest absolute Gasteiger partial charge is 0.466 e.